The molecule has 1 aromatic carbocycles. The molecule has 0 aliphatic carbocycles. The molecule has 0 atom stereocenters. The zero-order chi connectivity index (χ0) is 13.6. The van der Waals surface area contributed by atoms with Gasteiger partial charge in [-0.15, -0.1) is 13.2 Å². The zero-order valence-electron chi connectivity index (χ0n) is 10.5. The van der Waals surface area contributed by atoms with Gasteiger partial charge in [-0.05, 0) is 30.5 Å². The van der Waals surface area contributed by atoms with E-state index in [2.05, 4.69) is 13.2 Å². The second kappa shape index (κ2) is 6.15. The molecule has 0 N–H and O–H groups in total. The van der Waals surface area contributed by atoms with Gasteiger partial charge in [-0.1, -0.05) is 24.3 Å². The van der Waals surface area contributed by atoms with Crippen molar-refractivity contribution in [2.24, 2.45) is 0 Å². The fourth-order valence-electron chi connectivity index (χ4n) is 2.06. The molecule has 2 nitrogen and oxygen atoms in total. The molecular formula is C15H17FO2. The Morgan fingerprint density at radius 1 is 1.28 bits per heavy atom. The van der Waals surface area contributed by atoms with Crippen LogP contribution in [-0.2, 0) is 14.9 Å². The number of hydrogen-bond donors (Lipinski definition) is 0. The quantitative estimate of drug-likeness (QED) is 0.570. The lowest BCUT2D eigenvalue weighted by atomic mass is 9.75. The molecule has 0 saturated carbocycles. The summed E-state index contributed by atoms with van der Waals surface area (Å²) in [5, 5.41) is 0. The number of benzene rings is 1. The van der Waals surface area contributed by atoms with Crippen molar-refractivity contribution in [3.63, 3.8) is 0 Å². The lowest BCUT2D eigenvalue weighted by molar-refractivity contribution is -0.147. The predicted molar refractivity (Wildman–Crippen MR) is 69.7 cm³/mol. The van der Waals surface area contributed by atoms with E-state index in [0.717, 1.165) is 0 Å². The summed E-state index contributed by atoms with van der Waals surface area (Å²) in [6.45, 7) is 7.34. The number of esters is 1. The third-order valence-corrected chi connectivity index (χ3v) is 2.96. The molecule has 0 aliphatic heterocycles. The van der Waals surface area contributed by atoms with Crippen molar-refractivity contribution >= 4 is 5.97 Å². The molecule has 0 spiro atoms. The molecule has 0 fully saturated rings. The Labute approximate surface area is 107 Å². The highest BCUT2D eigenvalue weighted by molar-refractivity contribution is 5.83. The Kier molecular flexibility index (Phi) is 4.84. The van der Waals surface area contributed by atoms with Gasteiger partial charge in [0.2, 0.25) is 0 Å². The van der Waals surface area contributed by atoms with E-state index in [-0.39, 0.29) is 11.8 Å². The summed E-state index contributed by atoms with van der Waals surface area (Å²) in [4.78, 5) is 12.1. The molecule has 0 amide bonds. The topological polar surface area (TPSA) is 26.3 Å². The first kappa shape index (κ1) is 14.2. The Morgan fingerprint density at radius 2 is 1.78 bits per heavy atom. The summed E-state index contributed by atoms with van der Waals surface area (Å²) >= 11 is 0. The van der Waals surface area contributed by atoms with Gasteiger partial charge >= 0.3 is 5.97 Å². The molecule has 0 saturated heterocycles. The Morgan fingerprint density at radius 3 is 2.17 bits per heavy atom. The molecule has 18 heavy (non-hydrogen) atoms. The van der Waals surface area contributed by atoms with Crippen molar-refractivity contribution in [3.8, 4) is 0 Å². The zero-order valence-corrected chi connectivity index (χ0v) is 10.5. The summed E-state index contributed by atoms with van der Waals surface area (Å²) in [7, 11) is 1.34. The van der Waals surface area contributed by atoms with E-state index < -0.39 is 5.41 Å². The van der Waals surface area contributed by atoms with Crippen LogP contribution < -0.4 is 0 Å². The monoisotopic (exact) mass is 248 g/mol. The summed E-state index contributed by atoms with van der Waals surface area (Å²) in [5.74, 6) is -0.705. The lowest BCUT2D eigenvalue weighted by Crippen LogP contribution is -2.36. The third kappa shape index (κ3) is 2.67. The molecule has 0 aromatic heterocycles. The maximum atomic E-state index is 13.0. The van der Waals surface area contributed by atoms with Crippen molar-refractivity contribution in [1.82, 2.24) is 0 Å². The molecule has 0 unspecified atom stereocenters. The molecule has 96 valence electrons. The van der Waals surface area contributed by atoms with Gasteiger partial charge < -0.3 is 4.74 Å². The maximum Gasteiger partial charge on any atom is 0.316 e. The fourth-order valence-corrected chi connectivity index (χ4v) is 2.06. The van der Waals surface area contributed by atoms with Crippen LogP contribution in [0.5, 0.6) is 0 Å². The van der Waals surface area contributed by atoms with Crippen LogP contribution in [0.4, 0.5) is 4.39 Å². The smallest absolute Gasteiger partial charge is 0.316 e. The summed E-state index contributed by atoms with van der Waals surface area (Å²) in [6.07, 6.45) is 4.14. The van der Waals surface area contributed by atoms with Crippen LogP contribution in [0.25, 0.3) is 0 Å². The predicted octanol–water partition coefficient (Wildman–Crippen LogP) is 3.39. The number of methoxy groups -OCH3 is 1. The van der Waals surface area contributed by atoms with Crippen LogP contribution in [-0.4, -0.2) is 13.1 Å². The van der Waals surface area contributed by atoms with E-state index >= 15 is 0 Å². The highest BCUT2D eigenvalue weighted by Gasteiger charge is 2.39. The highest BCUT2D eigenvalue weighted by atomic mass is 19.1. The fraction of sp³-hybridized carbons (Fsp3) is 0.267. The van der Waals surface area contributed by atoms with Crippen LogP contribution >= 0.6 is 0 Å². The normalized spacial score (nSPS) is 10.8. The van der Waals surface area contributed by atoms with Crippen molar-refractivity contribution in [2.45, 2.75) is 18.3 Å². The summed E-state index contributed by atoms with van der Waals surface area (Å²) in [6, 6.07) is 5.86. The first-order valence-corrected chi connectivity index (χ1v) is 5.67. The van der Waals surface area contributed by atoms with Crippen molar-refractivity contribution in [1.29, 1.82) is 0 Å². The molecule has 0 aliphatic rings. The van der Waals surface area contributed by atoms with E-state index in [1.165, 1.54) is 19.2 Å². The van der Waals surface area contributed by atoms with Crippen LogP contribution in [0.2, 0.25) is 0 Å². The van der Waals surface area contributed by atoms with Crippen LogP contribution in [0, 0.1) is 5.82 Å². The minimum absolute atomic E-state index is 0.338. The average Bonchev–Trinajstić information content (AvgIpc) is 2.38. The molecular weight excluding hydrogens is 231 g/mol. The summed E-state index contributed by atoms with van der Waals surface area (Å²) < 4.78 is 17.9. The molecule has 0 heterocycles. The number of allylic oxidation sites excluding steroid dienone is 2. The average molecular weight is 248 g/mol. The van der Waals surface area contributed by atoms with Gasteiger partial charge in [-0.3, -0.25) is 4.79 Å². The van der Waals surface area contributed by atoms with Gasteiger partial charge in [0, 0.05) is 0 Å². The minimum atomic E-state index is -0.869. The lowest BCUT2D eigenvalue weighted by Gasteiger charge is -2.29. The first-order chi connectivity index (χ1) is 8.60. The van der Waals surface area contributed by atoms with E-state index in [1.54, 1.807) is 24.3 Å². The Balaban J connectivity index is 3.31. The molecule has 0 bridgehead atoms. The third-order valence-electron chi connectivity index (χ3n) is 2.96. The number of carbonyl (C=O) groups is 1. The largest absolute Gasteiger partial charge is 0.468 e. The maximum absolute atomic E-state index is 13.0. The van der Waals surface area contributed by atoms with Gasteiger partial charge in [0.15, 0.2) is 0 Å². The van der Waals surface area contributed by atoms with E-state index in [9.17, 15) is 9.18 Å². The number of ether oxygens (including phenoxy) is 1. The molecule has 1 rings (SSSR count). The van der Waals surface area contributed by atoms with E-state index in [1.807, 2.05) is 0 Å². The van der Waals surface area contributed by atoms with Gasteiger partial charge in [-0.25, -0.2) is 4.39 Å². The number of halogens is 1. The molecule has 3 heteroatoms. The van der Waals surface area contributed by atoms with Crippen molar-refractivity contribution in [3.05, 3.63) is 61.0 Å². The standard InChI is InChI=1S/C15H17FO2/c1-4-10-15(11-5-2,14(17)18-3)12-6-8-13(16)9-7-12/h4-9H,1-2,10-11H2,3H3. The Bertz CT molecular complexity index is 424. The van der Waals surface area contributed by atoms with Crippen molar-refractivity contribution < 1.29 is 13.9 Å². The molecule has 0 radical (unpaired) electrons. The molecule has 1 aromatic rings. The highest BCUT2D eigenvalue weighted by Crippen LogP contribution is 2.34. The van der Waals surface area contributed by atoms with Crippen LogP contribution in [0.3, 0.4) is 0 Å². The second-order valence-corrected chi connectivity index (χ2v) is 4.07. The van der Waals surface area contributed by atoms with Crippen molar-refractivity contribution in [2.75, 3.05) is 7.11 Å². The van der Waals surface area contributed by atoms with Crippen LogP contribution in [0.1, 0.15) is 18.4 Å². The van der Waals surface area contributed by atoms with E-state index in [0.29, 0.717) is 18.4 Å². The SMILES string of the molecule is C=CCC(CC=C)(C(=O)OC)c1ccc(F)cc1. The van der Waals surface area contributed by atoms with Crippen LogP contribution in [0.15, 0.2) is 49.6 Å². The van der Waals surface area contributed by atoms with Gasteiger partial charge in [0.1, 0.15) is 5.82 Å². The van der Waals surface area contributed by atoms with Gasteiger partial charge in [0.05, 0.1) is 12.5 Å². The number of rotatable bonds is 6. The van der Waals surface area contributed by atoms with Gasteiger partial charge in [0.25, 0.3) is 0 Å². The second-order valence-electron chi connectivity index (χ2n) is 4.07. The first-order valence-electron chi connectivity index (χ1n) is 5.67. The Hall–Kier alpha value is -1.90. The number of carbonyl (C=O) groups excluding carboxylic acids is 1. The van der Waals surface area contributed by atoms with E-state index in [4.69, 9.17) is 4.74 Å². The van der Waals surface area contributed by atoms with Gasteiger partial charge in [-0.2, -0.15) is 0 Å². The summed E-state index contributed by atoms with van der Waals surface area (Å²) in [5.41, 5.74) is -0.165. The number of hydrogen-bond acceptors (Lipinski definition) is 2. The minimum Gasteiger partial charge on any atom is -0.468 e.